The zero-order valence-corrected chi connectivity index (χ0v) is 13.8. The SMILES string of the molecule is CC(=O)NCCC(Oc1cccc2ccccc12)c1cccs1. The topological polar surface area (TPSA) is 38.3 Å². The third-order valence-electron chi connectivity index (χ3n) is 3.66. The van der Waals surface area contributed by atoms with E-state index in [9.17, 15) is 4.79 Å². The second-order valence-electron chi connectivity index (χ2n) is 5.37. The normalized spacial score (nSPS) is 12.0. The summed E-state index contributed by atoms with van der Waals surface area (Å²) in [5, 5.41) is 7.17. The first-order chi connectivity index (χ1) is 11.2. The van der Waals surface area contributed by atoms with Crippen molar-refractivity contribution in [3.05, 3.63) is 64.9 Å². The highest BCUT2D eigenvalue weighted by Gasteiger charge is 2.16. The second kappa shape index (κ2) is 7.29. The van der Waals surface area contributed by atoms with Crippen molar-refractivity contribution in [2.24, 2.45) is 0 Å². The summed E-state index contributed by atoms with van der Waals surface area (Å²) in [7, 11) is 0. The van der Waals surface area contributed by atoms with Gasteiger partial charge in [0, 0.05) is 30.2 Å². The lowest BCUT2D eigenvalue weighted by Gasteiger charge is -2.19. The second-order valence-corrected chi connectivity index (χ2v) is 6.35. The fourth-order valence-corrected chi connectivity index (χ4v) is 3.35. The molecular weight excluding hydrogens is 306 g/mol. The number of benzene rings is 2. The van der Waals surface area contributed by atoms with E-state index in [1.54, 1.807) is 11.3 Å². The van der Waals surface area contributed by atoms with Crippen molar-refractivity contribution >= 4 is 28.0 Å². The van der Waals surface area contributed by atoms with Gasteiger partial charge in [0.25, 0.3) is 0 Å². The third kappa shape index (κ3) is 3.90. The largest absolute Gasteiger partial charge is 0.484 e. The quantitative estimate of drug-likeness (QED) is 0.722. The Morgan fingerprint density at radius 3 is 2.74 bits per heavy atom. The van der Waals surface area contributed by atoms with Crippen LogP contribution in [-0.2, 0) is 4.79 Å². The van der Waals surface area contributed by atoms with Crippen LogP contribution < -0.4 is 10.1 Å². The number of nitrogens with one attached hydrogen (secondary N) is 1. The van der Waals surface area contributed by atoms with Gasteiger partial charge in [-0.1, -0.05) is 42.5 Å². The maximum Gasteiger partial charge on any atom is 0.216 e. The fraction of sp³-hybridized carbons (Fsp3) is 0.211. The zero-order chi connectivity index (χ0) is 16.1. The highest BCUT2D eigenvalue weighted by atomic mass is 32.1. The van der Waals surface area contributed by atoms with Gasteiger partial charge in [-0.25, -0.2) is 0 Å². The average Bonchev–Trinajstić information content (AvgIpc) is 3.08. The van der Waals surface area contributed by atoms with Crippen LogP contribution in [0.5, 0.6) is 5.75 Å². The molecule has 0 spiro atoms. The minimum atomic E-state index is -0.0624. The summed E-state index contributed by atoms with van der Waals surface area (Å²) in [5.74, 6) is 0.865. The van der Waals surface area contributed by atoms with Crippen LogP contribution in [0, 0.1) is 0 Å². The first-order valence-electron chi connectivity index (χ1n) is 7.66. The highest BCUT2D eigenvalue weighted by Crippen LogP contribution is 2.32. The Balaban J connectivity index is 1.83. The Labute approximate surface area is 139 Å². The lowest BCUT2D eigenvalue weighted by Crippen LogP contribution is -2.23. The molecule has 0 aliphatic heterocycles. The average molecular weight is 325 g/mol. The van der Waals surface area contributed by atoms with Gasteiger partial charge in [0.15, 0.2) is 0 Å². The van der Waals surface area contributed by atoms with Gasteiger partial charge in [-0.2, -0.15) is 0 Å². The van der Waals surface area contributed by atoms with Gasteiger partial charge in [0.05, 0.1) is 0 Å². The van der Waals surface area contributed by atoms with Gasteiger partial charge in [-0.05, 0) is 22.9 Å². The molecule has 118 valence electrons. The van der Waals surface area contributed by atoms with Crippen LogP contribution in [0.4, 0.5) is 0 Å². The number of rotatable bonds is 6. The van der Waals surface area contributed by atoms with Gasteiger partial charge in [0.1, 0.15) is 11.9 Å². The molecule has 1 heterocycles. The molecule has 0 fully saturated rings. The molecule has 0 saturated heterocycles. The minimum Gasteiger partial charge on any atom is -0.484 e. The van der Waals surface area contributed by atoms with Crippen molar-refractivity contribution in [3.63, 3.8) is 0 Å². The van der Waals surface area contributed by atoms with E-state index in [2.05, 4.69) is 29.6 Å². The Bertz CT molecular complexity index is 778. The summed E-state index contributed by atoms with van der Waals surface area (Å²) in [4.78, 5) is 12.3. The summed E-state index contributed by atoms with van der Waals surface area (Å²) in [6.45, 7) is 2.13. The number of carbonyl (C=O) groups excluding carboxylic acids is 1. The van der Waals surface area contributed by atoms with Crippen molar-refractivity contribution < 1.29 is 9.53 Å². The van der Waals surface area contributed by atoms with Gasteiger partial charge in [-0.3, -0.25) is 4.79 Å². The summed E-state index contributed by atoms with van der Waals surface area (Å²) in [6.07, 6.45) is 0.677. The Morgan fingerprint density at radius 1 is 1.13 bits per heavy atom. The van der Waals surface area contributed by atoms with Crippen molar-refractivity contribution in [2.45, 2.75) is 19.4 Å². The van der Waals surface area contributed by atoms with Crippen LogP contribution in [0.3, 0.4) is 0 Å². The summed E-state index contributed by atoms with van der Waals surface area (Å²) >= 11 is 1.68. The van der Waals surface area contributed by atoms with Gasteiger partial charge in [0.2, 0.25) is 5.91 Å². The Kier molecular flexibility index (Phi) is 4.93. The van der Waals surface area contributed by atoms with E-state index in [1.807, 2.05) is 35.7 Å². The monoisotopic (exact) mass is 325 g/mol. The van der Waals surface area contributed by atoms with Crippen molar-refractivity contribution in [2.75, 3.05) is 6.54 Å². The van der Waals surface area contributed by atoms with Crippen molar-refractivity contribution in [3.8, 4) is 5.75 Å². The van der Waals surface area contributed by atoms with Gasteiger partial charge < -0.3 is 10.1 Å². The summed E-state index contributed by atoms with van der Waals surface area (Å²) in [6, 6.07) is 18.4. The number of fused-ring (bicyclic) bond motifs is 1. The van der Waals surface area contributed by atoms with Gasteiger partial charge >= 0.3 is 0 Å². The van der Waals surface area contributed by atoms with Crippen LogP contribution in [0.1, 0.15) is 24.3 Å². The van der Waals surface area contributed by atoms with Gasteiger partial charge in [-0.15, -0.1) is 11.3 Å². The number of amides is 1. The molecule has 0 radical (unpaired) electrons. The van der Waals surface area contributed by atoms with Crippen LogP contribution >= 0.6 is 11.3 Å². The number of hydrogen-bond donors (Lipinski definition) is 1. The molecule has 4 heteroatoms. The molecule has 1 aromatic heterocycles. The molecule has 3 aromatic rings. The van der Waals surface area contributed by atoms with E-state index < -0.39 is 0 Å². The standard InChI is InChI=1S/C19H19NO2S/c1-14(21)20-12-11-18(19-10-5-13-23-19)22-17-9-4-7-15-6-2-3-8-16(15)17/h2-10,13,18H,11-12H2,1H3,(H,20,21). The van der Waals surface area contributed by atoms with E-state index in [0.29, 0.717) is 6.54 Å². The van der Waals surface area contributed by atoms with E-state index in [0.717, 1.165) is 22.9 Å². The maximum absolute atomic E-state index is 11.1. The minimum absolute atomic E-state index is 0.0138. The van der Waals surface area contributed by atoms with Crippen LogP contribution in [-0.4, -0.2) is 12.5 Å². The number of thiophene rings is 1. The molecule has 1 amide bonds. The van der Waals surface area contributed by atoms with Crippen LogP contribution in [0.25, 0.3) is 10.8 Å². The molecule has 23 heavy (non-hydrogen) atoms. The molecule has 1 unspecified atom stereocenters. The molecule has 0 bridgehead atoms. The molecule has 0 saturated carbocycles. The van der Waals surface area contributed by atoms with E-state index in [4.69, 9.17) is 4.74 Å². The van der Waals surface area contributed by atoms with E-state index in [1.165, 1.54) is 11.8 Å². The fourth-order valence-electron chi connectivity index (χ4n) is 2.56. The Morgan fingerprint density at radius 2 is 1.96 bits per heavy atom. The zero-order valence-electron chi connectivity index (χ0n) is 13.0. The molecular formula is C19H19NO2S. The molecule has 1 N–H and O–H groups in total. The van der Waals surface area contributed by atoms with Crippen LogP contribution in [0.15, 0.2) is 60.0 Å². The molecule has 0 aliphatic rings. The van der Waals surface area contributed by atoms with Crippen LogP contribution in [0.2, 0.25) is 0 Å². The number of hydrogen-bond acceptors (Lipinski definition) is 3. The smallest absolute Gasteiger partial charge is 0.216 e. The summed E-state index contributed by atoms with van der Waals surface area (Å²) < 4.78 is 6.31. The van der Waals surface area contributed by atoms with E-state index in [-0.39, 0.29) is 12.0 Å². The number of ether oxygens (including phenoxy) is 1. The Hall–Kier alpha value is -2.33. The molecule has 1 atom stereocenters. The first-order valence-corrected chi connectivity index (χ1v) is 8.54. The summed E-state index contributed by atoms with van der Waals surface area (Å²) in [5.41, 5.74) is 0. The molecule has 3 rings (SSSR count). The third-order valence-corrected chi connectivity index (χ3v) is 4.62. The predicted molar refractivity (Wildman–Crippen MR) is 94.9 cm³/mol. The molecule has 3 nitrogen and oxygen atoms in total. The first kappa shape index (κ1) is 15.6. The maximum atomic E-state index is 11.1. The molecule has 2 aromatic carbocycles. The van der Waals surface area contributed by atoms with E-state index >= 15 is 0 Å². The molecule has 0 aliphatic carbocycles. The number of carbonyl (C=O) groups is 1. The lowest BCUT2D eigenvalue weighted by molar-refractivity contribution is -0.119. The van der Waals surface area contributed by atoms with Crippen molar-refractivity contribution in [1.82, 2.24) is 5.32 Å². The highest BCUT2D eigenvalue weighted by molar-refractivity contribution is 7.10. The van der Waals surface area contributed by atoms with Crippen molar-refractivity contribution in [1.29, 1.82) is 0 Å². The lowest BCUT2D eigenvalue weighted by atomic mass is 10.1. The predicted octanol–water partition coefficient (Wildman–Crippen LogP) is 4.55.